The fourth-order valence-corrected chi connectivity index (χ4v) is 5.17. The maximum atomic E-state index is 12.7. The summed E-state index contributed by atoms with van der Waals surface area (Å²) in [6, 6.07) is 16.1. The Labute approximate surface area is 190 Å². The number of nitrogens with one attached hydrogen (secondary N) is 2. The number of halogens is 3. The van der Waals surface area contributed by atoms with Crippen molar-refractivity contribution in [2.45, 2.75) is 18.0 Å². The maximum Gasteiger partial charge on any atom is 0.402 e. The Morgan fingerprint density at radius 3 is 2.39 bits per heavy atom. The van der Waals surface area contributed by atoms with Gasteiger partial charge in [-0.05, 0) is 49.4 Å². The molecule has 0 saturated heterocycles. The number of aryl methyl sites for hydroxylation is 1. The van der Waals surface area contributed by atoms with Gasteiger partial charge in [0, 0.05) is 11.1 Å². The third-order valence-electron chi connectivity index (χ3n) is 4.65. The molecule has 7 nitrogen and oxygen atoms in total. The fraction of sp³-hybridized carbons (Fsp3) is 0.143. The highest BCUT2D eigenvalue weighted by molar-refractivity contribution is 7.89. The van der Waals surface area contributed by atoms with Crippen molar-refractivity contribution in [2.75, 3.05) is 11.9 Å². The minimum atomic E-state index is -4.67. The van der Waals surface area contributed by atoms with E-state index in [1.54, 1.807) is 10.7 Å². The lowest BCUT2D eigenvalue weighted by molar-refractivity contribution is -0.121. The van der Waals surface area contributed by atoms with E-state index in [9.17, 15) is 26.4 Å². The van der Waals surface area contributed by atoms with E-state index in [2.05, 4.69) is 10.4 Å². The molecule has 2 aromatic carbocycles. The first kappa shape index (κ1) is 23.0. The van der Waals surface area contributed by atoms with Gasteiger partial charge in [0.25, 0.3) is 5.91 Å². The molecular formula is C21H17F3N4O3S2. The van der Waals surface area contributed by atoms with Crippen molar-refractivity contribution >= 4 is 43.2 Å². The number of hydrogen-bond donors (Lipinski definition) is 2. The summed E-state index contributed by atoms with van der Waals surface area (Å²) in [4.78, 5) is 13.6. The molecule has 0 radical (unpaired) electrons. The van der Waals surface area contributed by atoms with Crippen LogP contribution in [0.1, 0.15) is 15.4 Å². The topological polar surface area (TPSA) is 93.1 Å². The van der Waals surface area contributed by atoms with Gasteiger partial charge in [-0.2, -0.15) is 18.3 Å². The molecule has 33 heavy (non-hydrogen) atoms. The number of rotatable bonds is 6. The highest BCUT2D eigenvalue weighted by Gasteiger charge is 2.30. The molecule has 0 unspecified atom stereocenters. The van der Waals surface area contributed by atoms with Crippen LogP contribution in [-0.2, 0) is 10.0 Å². The number of anilines is 1. The fourth-order valence-electron chi connectivity index (χ4n) is 3.07. The number of fused-ring (bicyclic) bond motifs is 1. The number of aromatic nitrogens is 2. The molecule has 4 aromatic rings. The Bertz CT molecular complexity index is 1410. The Hall–Kier alpha value is -3.22. The monoisotopic (exact) mass is 494 g/mol. The minimum Gasteiger partial charge on any atom is -0.321 e. The summed E-state index contributed by atoms with van der Waals surface area (Å²) in [7, 11) is -4.33. The molecule has 2 heterocycles. The second-order valence-corrected chi connectivity index (χ2v) is 9.88. The molecule has 0 saturated carbocycles. The molecule has 4 rings (SSSR count). The number of nitrogens with zero attached hydrogens (tertiary/aromatic N) is 2. The van der Waals surface area contributed by atoms with E-state index >= 15 is 0 Å². The zero-order valence-corrected chi connectivity index (χ0v) is 18.7. The van der Waals surface area contributed by atoms with E-state index in [-0.39, 0.29) is 4.90 Å². The predicted molar refractivity (Wildman–Crippen MR) is 119 cm³/mol. The molecule has 0 fully saturated rings. The first-order valence-electron chi connectivity index (χ1n) is 9.56. The first-order chi connectivity index (χ1) is 15.5. The Kier molecular flexibility index (Phi) is 5.99. The van der Waals surface area contributed by atoms with E-state index in [0.717, 1.165) is 33.7 Å². The van der Waals surface area contributed by atoms with Crippen LogP contribution in [0.2, 0.25) is 0 Å². The molecule has 0 bridgehead atoms. The van der Waals surface area contributed by atoms with Gasteiger partial charge in [-0.1, -0.05) is 18.2 Å². The summed E-state index contributed by atoms with van der Waals surface area (Å²) in [6.07, 6.45) is -4.67. The lowest BCUT2D eigenvalue weighted by atomic mass is 10.3. The third-order valence-corrected chi connectivity index (χ3v) is 7.18. The van der Waals surface area contributed by atoms with E-state index in [1.165, 1.54) is 28.2 Å². The molecule has 2 N–H and O–H groups in total. The number of sulfonamides is 1. The molecule has 0 atom stereocenters. The Morgan fingerprint density at radius 1 is 1.09 bits per heavy atom. The number of alkyl halides is 3. The van der Waals surface area contributed by atoms with Crippen LogP contribution in [-0.4, -0.2) is 36.8 Å². The molecule has 0 aliphatic carbocycles. The minimum absolute atomic E-state index is 0.300. The second-order valence-electron chi connectivity index (χ2n) is 7.08. The van der Waals surface area contributed by atoms with Crippen LogP contribution < -0.4 is 10.0 Å². The molecule has 2 aromatic heterocycles. The molecule has 0 spiro atoms. The first-order valence-corrected chi connectivity index (χ1v) is 11.9. The molecule has 0 aliphatic rings. The number of para-hydroxylation sites is 1. The standard InChI is InChI=1S/C21H17F3N4O3S2/c1-13-17-11-18(32-20(17)28(27-13)15-5-3-2-4-6-15)19(29)26-14-7-9-16(10-8-14)33(30,31)25-12-21(22,23)24/h2-11,25H,12H2,1H3,(H,26,29). The third kappa shape index (κ3) is 5.07. The average Bonchev–Trinajstić information content (AvgIpc) is 3.34. The summed E-state index contributed by atoms with van der Waals surface area (Å²) in [5.41, 5.74) is 1.93. The van der Waals surface area contributed by atoms with Crippen LogP contribution in [0.25, 0.3) is 15.9 Å². The van der Waals surface area contributed by atoms with Gasteiger partial charge in [-0.15, -0.1) is 11.3 Å². The highest BCUT2D eigenvalue weighted by Crippen LogP contribution is 2.31. The van der Waals surface area contributed by atoms with Gasteiger partial charge in [-0.3, -0.25) is 4.79 Å². The van der Waals surface area contributed by atoms with E-state index in [0.29, 0.717) is 10.6 Å². The number of carbonyl (C=O) groups excluding carboxylic acids is 1. The van der Waals surface area contributed by atoms with Crippen molar-refractivity contribution in [3.05, 3.63) is 71.2 Å². The van der Waals surface area contributed by atoms with Crippen molar-refractivity contribution in [1.29, 1.82) is 0 Å². The number of benzene rings is 2. The zero-order valence-electron chi connectivity index (χ0n) is 17.1. The number of thiophene rings is 1. The molecule has 172 valence electrons. The van der Waals surface area contributed by atoms with Crippen LogP contribution in [0, 0.1) is 6.92 Å². The molecule has 0 aliphatic heterocycles. The van der Waals surface area contributed by atoms with Crippen molar-refractivity contribution < 1.29 is 26.4 Å². The van der Waals surface area contributed by atoms with Crippen LogP contribution in [0.4, 0.5) is 18.9 Å². The Balaban J connectivity index is 1.52. The SMILES string of the molecule is Cc1nn(-c2ccccc2)c2sc(C(=O)Nc3ccc(S(=O)(=O)NCC(F)(F)F)cc3)cc12. The van der Waals surface area contributed by atoms with Gasteiger partial charge in [0.1, 0.15) is 11.4 Å². The summed E-state index contributed by atoms with van der Waals surface area (Å²) < 4.78 is 64.1. The molecular weight excluding hydrogens is 477 g/mol. The van der Waals surface area contributed by atoms with Gasteiger partial charge >= 0.3 is 6.18 Å². The van der Waals surface area contributed by atoms with Crippen LogP contribution >= 0.6 is 11.3 Å². The summed E-state index contributed by atoms with van der Waals surface area (Å²) >= 11 is 1.26. The predicted octanol–water partition coefficient (Wildman–Crippen LogP) is 4.49. The van der Waals surface area contributed by atoms with Crippen molar-refractivity contribution in [2.24, 2.45) is 0 Å². The highest BCUT2D eigenvalue weighted by atomic mass is 32.2. The van der Waals surface area contributed by atoms with E-state index in [1.807, 2.05) is 37.3 Å². The summed E-state index contributed by atoms with van der Waals surface area (Å²) in [5, 5.41) is 8.04. The molecule has 12 heteroatoms. The lowest BCUT2D eigenvalue weighted by Crippen LogP contribution is -2.33. The van der Waals surface area contributed by atoms with Gasteiger partial charge in [0.2, 0.25) is 10.0 Å². The number of carbonyl (C=O) groups is 1. The van der Waals surface area contributed by atoms with Crippen LogP contribution in [0.15, 0.2) is 65.6 Å². The van der Waals surface area contributed by atoms with Crippen molar-refractivity contribution in [3.63, 3.8) is 0 Å². The van der Waals surface area contributed by atoms with Gasteiger partial charge < -0.3 is 5.32 Å². The smallest absolute Gasteiger partial charge is 0.321 e. The summed E-state index contributed by atoms with van der Waals surface area (Å²) in [5.74, 6) is -0.402. The van der Waals surface area contributed by atoms with E-state index < -0.39 is 28.7 Å². The quantitative estimate of drug-likeness (QED) is 0.413. The van der Waals surface area contributed by atoms with Crippen LogP contribution in [0.5, 0.6) is 0 Å². The summed E-state index contributed by atoms with van der Waals surface area (Å²) in [6.45, 7) is 0.182. The Morgan fingerprint density at radius 2 is 1.76 bits per heavy atom. The van der Waals surface area contributed by atoms with Gasteiger partial charge in [-0.25, -0.2) is 17.8 Å². The number of hydrogen-bond acceptors (Lipinski definition) is 5. The van der Waals surface area contributed by atoms with Crippen LogP contribution in [0.3, 0.4) is 0 Å². The van der Waals surface area contributed by atoms with Crippen molar-refractivity contribution in [1.82, 2.24) is 14.5 Å². The van der Waals surface area contributed by atoms with E-state index in [4.69, 9.17) is 0 Å². The van der Waals surface area contributed by atoms with Crippen molar-refractivity contribution in [3.8, 4) is 5.69 Å². The zero-order chi connectivity index (χ0) is 23.8. The average molecular weight is 495 g/mol. The van der Waals surface area contributed by atoms with Gasteiger partial charge in [0.15, 0.2) is 0 Å². The molecule has 1 amide bonds. The normalized spacial score (nSPS) is 12.2. The number of amides is 1. The largest absolute Gasteiger partial charge is 0.402 e. The maximum absolute atomic E-state index is 12.7. The second kappa shape index (κ2) is 8.61. The van der Waals surface area contributed by atoms with Gasteiger partial charge in [0.05, 0.1) is 21.2 Å². The lowest BCUT2D eigenvalue weighted by Gasteiger charge is -2.10.